The minimum atomic E-state index is -0.447. The molecule has 3 rings (SSSR count). The van der Waals surface area contributed by atoms with Crippen molar-refractivity contribution >= 4 is 5.97 Å². The summed E-state index contributed by atoms with van der Waals surface area (Å²) in [5, 5.41) is 10.5. The molecule has 5 nitrogen and oxygen atoms in total. The second-order valence-corrected chi connectivity index (χ2v) is 11.2. The van der Waals surface area contributed by atoms with Gasteiger partial charge in [-0.3, -0.25) is 4.79 Å². The molecule has 3 heterocycles. The summed E-state index contributed by atoms with van der Waals surface area (Å²) in [7, 11) is 0. The van der Waals surface area contributed by atoms with E-state index in [4.69, 9.17) is 14.2 Å². The van der Waals surface area contributed by atoms with E-state index in [-0.39, 0.29) is 48.8 Å². The molecule has 5 heteroatoms. The molecule has 2 fully saturated rings. The van der Waals surface area contributed by atoms with Gasteiger partial charge in [0.05, 0.1) is 36.9 Å². The van der Waals surface area contributed by atoms with Crippen LogP contribution in [0.2, 0.25) is 0 Å². The highest BCUT2D eigenvalue weighted by Gasteiger charge is 2.34. The molecular weight excluding hydrogens is 440 g/mol. The first kappa shape index (κ1) is 28.1. The largest absolute Gasteiger partial charge is 0.457 e. The number of aliphatic hydroxyl groups excluding tert-OH is 1. The molecule has 1 N–H and O–H groups in total. The Kier molecular flexibility index (Phi) is 11.5. The zero-order chi connectivity index (χ0) is 25.2. The fourth-order valence-electron chi connectivity index (χ4n) is 5.65. The number of cyclic esters (lactones) is 1. The summed E-state index contributed by atoms with van der Waals surface area (Å²) >= 11 is 0. The molecule has 0 saturated carbocycles. The molecule has 0 radical (unpaired) electrons. The molecule has 35 heavy (non-hydrogen) atoms. The molecule has 4 bridgehead atoms. The molecule has 0 aromatic heterocycles. The fraction of sp³-hybridized carbons (Fsp3) is 0.767. The molecule has 9 atom stereocenters. The molecular formula is C30H48O5. The van der Waals surface area contributed by atoms with Gasteiger partial charge in [-0.25, -0.2) is 0 Å². The van der Waals surface area contributed by atoms with Crippen molar-refractivity contribution < 1.29 is 24.1 Å². The highest BCUT2D eigenvalue weighted by atomic mass is 16.6. The van der Waals surface area contributed by atoms with Crippen LogP contribution >= 0.6 is 0 Å². The van der Waals surface area contributed by atoms with Gasteiger partial charge in [0.1, 0.15) is 6.10 Å². The van der Waals surface area contributed by atoms with Crippen molar-refractivity contribution in [3.63, 3.8) is 0 Å². The molecule has 0 spiro atoms. The SMILES string of the molecule is CCCC(C)C=C/C=C/C1OC(=O)CC2CC(O)CC(CC3CCCC(C[C@@H](C)/C=C/C1C)O3)O2. The number of ether oxygens (including phenoxy) is 3. The Morgan fingerprint density at radius 2 is 1.71 bits per heavy atom. The molecule has 0 aromatic carbocycles. The van der Waals surface area contributed by atoms with Gasteiger partial charge in [-0.1, -0.05) is 64.5 Å². The van der Waals surface area contributed by atoms with Gasteiger partial charge < -0.3 is 19.3 Å². The van der Waals surface area contributed by atoms with Crippen LogP contribution in [-0.4, -0.2) is 47.7 Å². The molecule has 3 aliphatic rings. The summed E-state index contributed by atoms with van der Waals surface area (Å²) in [6.45, 7) is 8.75. The van der Waals surface area contributed by atoms with Crippen LogP contribution in [0.1, 0.15) is 91.9 Å². The van der Waals surface area contributed by atoms with Crippen molar-refractivity contribution in [2.45, 2.75) is 129 Å². The van der Waals surface area contributed by atoms with Crippen molar-refractivity contribution in [3.05, 3.63) is 36.5 Å². The van der Waals surface area contributed by atoms with Gasteiger partial charge >= 0.3 is 5.97 Å². The summed E-state index contributed by atoms with van der Waals surface area (Å²) in [4.78, 5) is 12.9. The zero-order valence-electron chi connectivity index (χ0n) is 22.3. The maximum Gasteiger partial charge on any atom is 0.309 e. The zero-order valence-corrected chi connectivity index (χ0v) is 22.3. The average Bonchev–Trinajstić information content (AvgIpc) is 2.79. The van der Waals surface area contributed by atoms with Crippen molar-refractivity contribution in [1.82, 2.24) is 0 Å². The average molecular weight is 489 g/mol. The first-order valence-corrected chi connectivity index (χ1v) is 14.0. The van der Waals surface area contributed by atoms with Crippen molar-refractivity contribution in [1.29, 1.82) is 0 Å². The lowest BCUT2D eigenvalue weighted by molar-refractivity contribution is -0.161. The van der Waals surface area contributed by atoms with Gasteiger partial charge in [0.2, 0.25) is 0 Å². The van der Waals surface area contributed by atoms with Gasteiger partial charge in [-0.15, -0.1) is 0 Å². The Morgan fingerprint density at radius 3 is 2.49 bits per heavy atom. The quantitative estimate of drug-likeness (QED) is 0.279. The monoisotopic (exact) mass is 488 g/mol. The van der Waals surface area contributed by atoms with Crippen LogP contribution in [0.3, 0.4) is 0 Å². The molecule has 2 saturated heterocycles. The van der Waals surface area contributed by atoms with Crippen molar-refractivity contribution in [2.75, 3.05) is 0 Å². The normalized spacial score (nSPS) is 39.4. The van der Waals surface area contributed by atoms with E-state index in [0.717, 1.165) is 25.7 Å². The molecule has 8 unspecified atom stereocenters. The number of carbonyl (C=O) groups is 1. The van der Waals surface area contributed by atoms with E-state index in [2.05, 4.69) is 52.0 Å². The summed E-state index contributed by atoms with van der Waals surface area (Å²) in [5.41, 5.74) is 0. The van der Waals surface area contributed by atoms with Crippen LogP contribution in [0.5, 0.6) is 0 Å². The lowest BCUT2D eigenvalue weighted by Crippen LogP contribution is -2.40. The molecule has 0 amide bonds. The Morgan fingerprint density at radius 1 is 1.00 bits per heavy atom. The number of carbonyl (C=O) groups excluding carboxylic acids is 1. The Hall–Kier alpha value is -1.43. The second kappa shape index (κ2) is 14.3. The number of hydrogen-bond acceptors (Lipinski definition) is 5. The highest BCUT2D eigenvalue weighted by molar-refractivity contribution is 5.70. The summed E-state index contributed by atoms with van der Waals surface area (Å²) in [6, 6.07) is 0. The van der Waals surface area contributed by atoms with E-state index in [1.165, 1.54) is 19.3 Å². The van der Waals surface area contributed by atoms with Crippen LogP contribution in [0.15, 0.2) is 36.5 Å². The van der Waals surface area contributed by atoms with Crippen LogP contribution in [0, 0.1) is 17.8 Å². The third-order valence-corrected chi connectivity index (χ3v) is 7.57. The van der Waals surface area contributed by atoms with E-state index in [1.807, 2.05) is 12.2 Å². The first-order valence-electron chi connectivity index (χ1n) is 14.0. The number of esters is 1. The van der Waals surface area contributed by atoms with Crippen molar-refractivity contribution in [3.8, 4) is 0 Å². The van der Waals surface area contributed by atoms with Crippen LogP contribution in [-0.2, 0) is 19.0 Å². The minimum Gasteiger partial charge on any atom is -0.457 e. The Bertz CT molecular complexity index is 728. The second-order valence-electron chi connectivity index (χ2n) is 11.2. The van der Waals surface area contributed by atoms with Gasteiger partial charge in [0.25, 0.3) is 0 Å². The van der Waals surface area contributed by atoms with Gasteiger partial charge in [-0.05, 0) is 62.9 Å². The predicted octanol–water partition coefficient (Wildman–Crippen LogP) is 6.31. The topological polar surface area (TPSA) is 65.0 Å². The van der Waals surface area contributed by atoms with E-state index in [1.54, 1.807) is 0 Å². The number of rotatable bonds is 5. The maximum absolute atomic E-state index is 12.9. The number of aliphatic hydroxyl groups is 1. The lowest BCUT2D eigenvalue weighted by Gasteiger charge is -2.37. The fourth-order valence-corrected chi connectivity index (χ4v) is 5.65. The third kappa shape index (κ3) is 9.86. The number of allylic oxidation sites excluding steroid dienone is 4. The Balaban J connectivity index is 1.75. The van der Waals surface area contributed by atoms with E-state index >= 15 is 0 Å². The molecule has 0 aromatic rings. The van der Waals surface area contributed by atoms with E-state index in [9.17, 15) is 9.90 Å². The van der Waals surface area contributed by atoms with Crippen LogP contribution < -0.4 is 0 Å². The van der Waals surface area contributed by atoms with Gasteiger partial charge in [0.15, 0.2) is 0 Å². The summed E-state index contributed by atoms with van der Waals surface area (Å²) in [6.07, 6.45) is 20.6. The van der Waals surface area contributed by atoms with Crippen LogP contribution in [0.4, 0.5) is 0 Å². The number of fused-ring (bicyclic) bond motifs is 4. The Labute approximate surface area is 213 Å². The smallest absolute Gasteiger partial charge is 0.309 e. The van der Waals surface area contributed by atoms with Crippen molar-refractivity contribution in [2.24, 2.45) is 17.8 Å². The highest BCUT2D eigenvalue weighted by Crippen LogP contribution is 2.31. The first-order chi connectivity index (χ1) is 16.8. The summed E-state index contributed by atoms with van der Waals surface area (Å²) < 4.78 is 18.7. The van der Waals surface area contributed by atoms with Gasteiger partial charge in [0, 0.05) is 12.3 Å². The summed E-state index contributed by atoms with van der Waals surface area (Å²) in [5.74, 6) is 0.709. The van der Waals surface area contributed by atoms with Crippen LogP contribution in [0.25, 0.3) is 0 Å². The molecule has 3 aliphatic heterocycles. The maximum atomic E-state index is 12.9. The molecule has 0 aliphatic carbocycles. The minimum absolute atomic E-state index is 0.0534. The lowest BCUT2D eigenvalue weighted by atomic mass is 9.90. The number of hydrogen-bond donors (Lipinski definition) is 1. The predicted molar refractivity (Wildman–Crippen MR) is 140 cm³/mol. The van der Waals surface area contributed by atoms with Gasteiger partial charge in [-0.2, -0.15) is 0 Å². The van der Waals surface area contributed by atoms with E-state index < -0.39 is 6.10 Å². The van der Waals surface area contributed by atoms with E-state index in [0.29, 0.717) is 24.7 Å². The third-order valence-electron chi connectivity index (χ3n) is 7.57. The standard InChI is InChI=1S/C30H48O5/c1-5-9-21(2)10-6-7-13-29-23(4)15-14-22(3)16-25-11-8-12-26(33-25)19-27-17-24(31)18-28(34-27)20-30(32)35-29/h6-7,10,13-15,21-29,31H,5,8-9,11-12,16-20H2,1-4H3/b10-6?,13-7+,15-14+/t21?,22-,23?,24?,25?,26?,27?,28?,29?/m0/s1. The molecule has 198 valence electrons.